The number of ether oxygens (including phenoxy) is 2. The van der Waals surface area contributed by atoms with Crippen molar-refractivity contribution in [1.29, 1.82) is 0 Å². The molecule has 2 aromatic rings. The number of rotatable bonds is 5. The van der Waals surface area contributed by atoms with Gasteiger partial charge in [-0.25, -0.2) is 0 Å². The predicted octanol–water partition coefficient (Wildman–Crippen LogP) is 3.37. The summed E-state index contributed by atoms with van der Waals surface area (Å²) in [6.45, 7) is 5.94. The molecule has 0 spiro atoms. The van der Waals surface area contributed by atoms with Gasteiger partial charge in [-0.2, -0.15) is 5.10 Å². The first-order valence-corrected chi connectivity index (χ1v) is 8.88. The molecule has 128 valence electrons. The molecule has 1 aliphatic rings. The van der Waals surface area contributed by atoms with Crippen LogP contribution in [0.1, 0.15) is 17.8 Å². The summed E-state index contributed by atoms with van der Waals surface area (Å²) in [5, 5.41) is 11.4. The molecule has 0 bridgehead atoms. The van der Waals surface area contributed by atoms with E-state index in [9.17, 15) is 0 Å². The summed E-state index contributed by atoms with van der Waals surface area (Å²) in [5.41, 5.74) is 3.04. The lowest BCUT2D eigenvalue weighted by Crippen LogP contribution is -2.29. The third-order valence-corrected chi connectivity index (χ3v) is 5.15. The zero-order chi connectivity index (χ0) is 17.1. The van der Waals surface area contributed by atoms with Crippen molar-refractivity contribution in [3.8, 4) is 11.5 Å². The molecule has 8 heteroatoms. The lowest BCUT2D eigenvalue weighted by atomic mass is 10.3. The van der Waals surface area contributed by atoms with Gasteiger partial charge in [0.25, 0.3) is 0 Å². The number of fused-ring (bicyclic) bond motifs is 1. The van der Waals surface area contributed by atoms with E-state index in [1.807, 2.05) is 29.8 Å². The maximum absolute atomic E-state index is 5.35. The van der Waals surface area contributed by atoms with Crippen molar-refractivity contribution < 1.29 is 9.47 Å². The second-order valence-corrected chi connectivity index (χ2v) is 6.71. The fraction of sp³-hybridized carbons (Fsp3) is 0.375. The number of aromatic nitrogens is 2. The Kier molecular flexibility index (Phi) is 5.25. The molecule has 0 saturated heterocycles. The van der Waals surface area contributed by atoms with Crippen LogP contribution in [0, 0.1) is 13.8 Å². The van der Waals surface area contributed by atoms with Crippen molar-refractivity contribution in [2.45, 2.75) is 26.8 Å². The summed E-state index contributed by atoms with van der Waals surface area (Å²) in [4.78, 5) is 0. The summed E-state index contributed by atoms with van der Waals surface area (Å²) in [6, 6.07) is 5.66. The van der Waals surface area contributed by atoms with Gasteiger partial charge in [-0.15, -0.1) is 0 Å². The van der Waals surface area contributed by atoms with Crippen LogP contribution in [0.15, 0.2) is 22.7 Å². The first-order valence-electron chi connectivity index (χ1n) is 7.68. The van der Waals surface area contributed by atoms with Crippen molar-refractivity contribution in [2.24, 2.45) is 0 Å². The predicted molar refractivity (Wildman–Crippen MR) is 101 cm³/mol. The normalized spacial score (nSPS) is 12.3. The molecular weight excluding hydrogens is 392 g/mol. The van der Waals surface area contributed by atoms with Gasteiger partial charge < -0.3 is 20.1 Å². The highest BCUT2D eigenvalue weighted by Gasteiger charge is 2.13. The van der Waals surface area contributed by atoms with Gasteiger partial charge in [0.1, 0.15) is 0 Å². The number of nitrogens with one attached hydrogen (secondary N) is 2. The molecule has 2 N–H and O–H groups in total. The van der Waals surface area contributed by atoms with Gasteiger partial charge >= 0.3 is 0 Å². The second-order valence-electron chi connectivity index (χ2n) is 5.51. The van der Waals surface area contributed by atoms with E-state index in [1.165, 1.54) is 0 Å². The highest BCUT2D eigenvalue weighted by atomic mass is 79.9. The number of halogens is 1. The van der Waals surface area contributed by atoms with E-state index in [1.54, 1.807) is 0 Å². The molecule has 24 heavy (non-hydrogen) atoms. The zero-order valence-corrected chi connectivity index (χ0v) is 16.0. The zero-order valence-electron chi connectivity index (χ0n) is 13.6. The van der Waals surface area contributed by atoms with Crippen molar-refractivity contribution >= 4 is 38.9 Å². The number of thiocarbonyl (C=S) groups is 1. The Hall–Kier alpha value is -1.80. The van der Waals surface area contributed by atoms with E-state index in [0.29, 0.717) is 5.11 Å². The lowest BCUT2D eigenvalue weighted by Gasteiger charge is -2.11. The Morgan fingerprint density at radius 3 is 2.88 bits per heavy atom. The molecule has 6 nitrogen and oxygen atoms in total. The monoisotopic (exact) mass is 410 g/mol. The Morgan fingerprint density at radius 1 is 1.33 bits per heavy atom. The number of hydrogen-bond donors (Lipinski definition) is 2. The lowest BCUT2D eigenvalue weighted by molar-refractivity contribution is 0.174. The molecule has 0 atom stereocenters. The van der Waals surface area contributed by atoms with Gasteiger partial charge in [-0.3, -0.25) is 4.68 Å². The van der Waals surface area contributed by atoms with Crippen LogP contribution in [0.3, 0.4) is 0 Å². The van der Waals surface area contributed by atoms with E-state index in [4.69, 9.17) is 21.7 Å². The quantitative estimate of drug-likeness (QED) is 0.581. The summed E-state index contributed by atoms with van der Waals surface area (Å²) in [7, 11) is 0. The molecule has 2 heterocycles. The van der Waals surface area contributed by atoms with Crippen LogP contribution in [0.4, 0.5) is 5.69 Å². The van der Waals surface area contributed by atoms with Gasteiger partial charge in [0, 0.05) is 30.5 Å². The largest absolute Gasteiger partial charge is 0.454 e. The molecule has 3 rings (SSSR count). The average Bonchev–Trinajstić information content (AvgIpc) is 3.12. The highest BCUT2D eigenvalue weighted by Crippen LogP contribution is 2.34. The van der Waals surface area contributed by atoms with E-state index in [2.05, 4.69) is 38.6 Å². The molecular formula is C16H19BrN4O2S. The second kappa shape index (κ2) is 7.40. The molecule has 0 aliphatic carbocycles. The van der Waals surface area contributed by atoms with Crippen molar-refractivity contribution in [2.75, 3.05) is 18.7 Å². The highest BCUT2D eigenvalue weighted by molar-refractivity contribution is 9.10. The van der Waals surface area contributed by atoms with Crippen LogP contribution < -0.4 is 20.1 Å². The number of nitrogens with zero attached hydrogens (tertiary/aromatic N) is 2. The van der Waals surface area contributed by atoms with Crippen LogP contribution in [0.2, 0.25) is 0 Å². The van der Waals surface area contributed by atoms with Crippen LogP contribution in [0.5, 0.6) is 11.5 Å². The van der Waals surface area contributed by atoms with Crippen LogP contribution in [0.25, 0.3) is 0 Å². The van der Waals surface area contributed by atoms with Gasteiger partial charge in [0.05, 0.1) is 10.2 Å². The Balaban J connectivity index is 1.43. The van der Waals surface area contributed by atoms with Gasteiger partial charge in [0.2, 0.25) is 6.79 Å². The van der Waals surface area contributed by atoms with Crippen molar-refractivity contribution in [1.82, 2.24) is 15.1 Å². The average molecular weight is 411 g/mol. The van der Waals surface area contributed by atoms with E-state index < -0.39 is 0 Å². The standard InChI is InChI=1S/C16H19BrN4O2S/c1-10-15(17)11(2)21(20-10)7-3-6-18-16(24)19-12-4-5-13-14(8-12)23-9-22-13/h4-5,8H,3,6-7,9H2,1-2H3,(H2,18,19,24). The number of aryl methyl sites for hydroxylation is 2. The third kappa shape index (κ3) is 3.81. The number of anilines is 1. The maximum Gasteiger partial charge on any atom is 0.231 e. The SMILES string of the molecule is Cc1nn(CCCNC(=S)Nc2ccc3c(c2)OCO3)c(C)c1Br. The Labute approximate surface area is 154 Å². The van der Waals surface area contributed by atoms with Crippen molar-refractivity contribution in [3.63, 3.8) is 0 Å². The molecule has 1 aromatic carbocycles. The molecule has 0 unspecified atom stereocenters. The molecule has 1 aromatic heterocycles. The smallest absolute Gasteiger partial charge is 0.231 e. The van der Waals surface area contributed by atoms with Gasteiger partial charge in [-0.05, 0) is 60.5 Å². The molecule has 0 amide bonds. The van der Waals surface area contributed by atoms with E-state index >= 15 is 0 Å². The van der Waals surface area contributed by atoms with Crippen molar-refractivity contribution in [3.05, 3.63) is 34.1 Å². The van der Waals surface area contributed by atoms with Crippen LogP contribution >= 0.6 is 28.1 Å². The van der Waals surface area contributed by atoms with Crippen LogP contribution in [-0.4, -0.2) is 28.2 Å². The van der Waals surface area contributed by atoms with Gasteiger partial charge in [-0.1, -0.05) is 0 Å². The summed E-state index contributed by atoms with van der Waals surface area (Å²) >= 11 is 8.86. The number of hydrogen-bond acceptors (Lipinski definition) is 4. The minimum Gasteiger partial charge on any atom is -0.454 e. The molecule has 1 aliphatic heterocycles. The van der Waals surface area contributed by atoms with E-state index in [-0.39, 0.29) is 6.79 Å². The van der Waals surface area contributed by atoms with Gasteiger partial charge in [0.15, 0.2) is 16.6 Å². The summed E-state index contributed by atoms with van der Waals surface area (Å²) < 4.78 is 13.7. The fourth-order valence-electron chi connectivity index (χ4n) is 2.47. The maximum atomic E-state index is 5.35. The van der Waals surface area contributed by atoms with Crippen LogP contribution in [-0.2, 0) is 6.54 Å². The molecule has 0 saturated carbocycles. The molecule has 0 fully saturated rings. The fourth-order valence-corrected chi connectivity index (χ4v) is 2.98. The summed E-state index contributed by atoms with van der Waals surface area (Å²) in [5.74, 6) is 1.49. The Bertz CT molecular complexity index is 763. The number of benzene rings is 1. The Morgan fingerprint density at radius 2 is 2.12 bits per heavy atom. The third-order valence-electron chi connectivity index (χ3n) is 3.76. The first-order chi connectivity index (χ1) is 11.5. The topological polar surface area (TPSA) is 60.3 Å². The van der Waals surface area contributed by atoms with E-state index in [0.717, 1.165) is 52.6 Å². The molecule has 0 radical (unpaired) electrons. The minimum absolute atomic E-state index is 0.268. The minimum atomic E-state index is 0.268. The first kappa shape index (κ1) is 17.0. The summed E-state index contributed by atoms with van der Waals surface area (Å²) in [6.07, 6.45) is 0.928.